The molecule has 0 aliphatic rings. The Labute approximate surface area is 259 Å². The molecule has 42 heavy (non-hydrogen) atoms. The number of hydrogen-bond acceptors (Lipinski definition) is 3. The van der Waals surface area contributed by atoms with Crippen LogP contribution in [0.2, 0.25) is 5.02 Å². The maximum Gasteiger partial charge on any atom is 0.263 e. The first-order chi connectivity index (χ1) is 20.1. The van der Waals surface area contributed by atoms with Crippen LogP contribution in [0.25, 0.3) is 0 Å². The van der Waals surface area contributed by atoms with E-state index in [1.807, 2.05) is 19.9 Å². The number of allylic oxidation sites excluding steroid dienone is 12. The van der Waals surface area contributed by atoms with E-state index in [1.54, 1.807) is 38.1 Å². The van der Waals surface area contributed by atoms with Crippen molar-refractivity contribution in [1.29, 1.82) is 0 Å². The number of amides is 2. The molecule has 6 heteroatoms. The molecule has 2 amide bonds. The van der Waals surface area contributed by atoms with Gasteiger partial charge < -0.3 is 15.4 Å². The van der Waals surface area contributed by atoms with Gasteiger partial charge in [0.2, 0.25) is 5.91 Å². The van der Waals surface area contributed by atoms with E-state index in [1.165, 1.54) is 0 Å². The third-order valence-electron chi connectivity index (χ3n) is 6.04. The van der Waals surface area contributed by atoms with Crippen molar-refractivity contribution in [3.63, 3.8) is 0 Å². The molecule has 0 radical (unpaired) electrons. The number of benzene rings is 1. The van der Waals surface area contributed by atoms with Crippen LogP contribution in [-0.4, -0.2) is 29.5 Å². The minimum atomic E-state index is -1.08. The Hall–Kier alpha value is -3.31. The average molecular weight is 595 g/mol. The number of halogens is 1. The minimum Gasteiger partial charge on any atom is -0.478 e. The van der Waals surface area contributed by atoms with E-state index in [4.69, 9.17) is 16.3 Å². The molecule has 1 aromatic carbocycles. The van der Waals surface area contributed by atoms with Gasteiger partial charge in [-0.2, -0.15) is 0 Å². The average Bonchev–Trinajstić information content (AvgIpc) is 2.94. The van der Waals surface area contributed by atoms with E-state index in [0.29, 0.717) is 23.6 Å². The van der Waals surface area contributed by atoms with Crippen LogP contribution < -0.4 is 15.4 Å². The van der Waals surface area contributed by atoms with Gasteiger partial charge in [0.1, 0.15) is 5.75 Å². The number of nitrogens with one attached hydrogen (secondary N) is 2. The molecule has 0 aliphatic heterocycles. The van der Waals surface area contributed by atoms with E-state index in [9.17, 15) is 9.59 Å². The second kappa shape index (κ2) is 21.4. The second-order valence-electron chi connectivity index (χ2n) is 11.1. The molecule has 5 nitrogen and oxygen atoms in total. The van der Waals surface area contributed by atoms with E-state index in [2.05, 4.69) is 84.4 Å². The normalized spacial score (nSPS) is 13.0. The van der Waals surface area contributed by atoms with Gasteiger partial charge in [-0.1, -0.05) is 91.4 Å². The number of carbonyl (C=O) groups is 2. The van der Waals surface area contributed by atoms with Crippen LogP contribution in [0, 0.1) is 0 Å². The lowest BCUT2D eigenvalue weighted by atomic mass is 10.0. The molecule has 230 valence electrons. The number of ether oxygens (including phenoxy) is 1. The molecular weight excluding hydrogens is 544 g/mol. The lowest BCUT2D eigenvalue weighted by Crippen LogP contribution is -2.55. The first-order valence-corrected chi connectivity index (χ1v) is 15.4. The molecule has 0 aromatic heterocycles. The number of carbonyl (C=O) groups excluding carboxylic acids is 2. The predicted octanol–water partition coefficient (Wildman–Crippen LogP) is 8.99. The van der Waals surface area contributed by atoms with Gasteiger partial charge in [0, 0.05) is 18.0 Å². The lowest BCUT2D eigenvalue weighted by Gasteiger charge is -2.30. The Bertz CT molecular complexity index is 1090. The van der Waals surface area contributed by atoms with Crippen LogP contribution in [0.1, 0.15) is 86.0 Å². The molecule has 2 N–H and O–H groups in total. The highest BCUT2D eigenvalue weighted by molar-refractivity contribution is 6.30. The van der Waals surface area contributed by atoms with Crippen molar-refractivity contribution in [2.45, 2.75) is 97.1 Å². The van der Waals surface area contributed by atoms with Crippen LogP contribution in [0.5, 0.6) is 5.75 Å². The fraction of sp³-hybridized carbons (Fsp3) is 0.444. The van der Waals surface area contributed by atoms with Gasteiger partial charge in [-0.3, -0.25) is 9.59 Å². The summed E-state index contributed by atoms with van der Waals surface area (Å²) in [4.78, 5) is 25.2. The Balaban J connectivity index is 2.19. The predicted molar refractivity (Wildman–Crippen MR) is 179 cm³/mol. The van der Waals surface area contributed by atoms with Crippen molar-refractivity contribution in [3.05, 3.63) is 102 Å². The lowest BCUT2D eigenvalue weighted by molar-refractivity contribution is -0.134. The van der Waals surface area contributed by atoms with Gasteiger partial charge in [0.05, 0.1) is 5.54 Å². The topological polar surface area (TPSA) is 67.4 Å². The second-order valence-corrected chi connectivity index (χ2v) is 11.6. The molecule has 1 aromatic rings. The zero-order valence-corrected chi connectivity index (χ0v) is 27.0. The first kappa shape index (κ1) is 36.7. The molecule has 1 rings (SSSR count). The molecule has 0 unspecified atom stereocenters. The van der Waals surface area contributed by atoms with E-state index in [0.717, 1.165) is 38.5 Å². The molecule has 0 atom stereocenters. The Morgan fingerprint density at radius 1 is 0.738 bits per heavy atom. The van der Waals surface area contributed by atoms with Gasteiger partial charge in [0.15, 0.2) is 5.60 Å². The van der Waals surface area contributed by atoms with Crippen molar-refractivity contribution in [2.24, 2.45) is 0 Å². The Morgan fingerprint density at radius 2 is 1.19 bits per heavy atom. The quantitative estimate of drug-likeness (QED) is 0.148. The Kier molecular flexibility index (Phi) is 18.7. The summed E-state index contributed by atoms with van der Waals surface area (Å²) in [5.74, 6) is 0.240. The van der Waals surface area contributed by atoms with Crippen molar-refractivity contribution in [2.75, 3.05) is 6.54 Å². The SMILES string of the molecule is CC/C=C\C/C=C\C/C=C\C/C=C\C/C=C\C/C=C\CCC(=O)NC(C)(C)CNC(=O)C(C)(C)Oc1ccc(Cl)cc1. The highest BCUT2D eigenvalue weighted by Gasteiger charge is 2.31. The molecular formula is C36H51ClN2O3. The molecule has 0 bridgehead atoms. The fourth-order valence-electron chi connectivity index (χ4n) is 3.70. The third-order valence-corrected chi connectivity index (χ3v) is 6.29. The van der Waals surface area contributed by atoms with Gasteiger partial charge in [-0.25, -0.2) is 0 Å². The minimum absolute atomic E-state index is 0.0505. The van der Waals surface area contributed by atoms with Crippen molar-refractivity contribution in [3.8, 4) is 5.75 Å². The maximum atomic E-state index is 12.7. The summed E-state index contributed by atoms with van der Waals surface area (Å²) in [6.07, 6.45) is 32.8. The van der Waals surface area contributed by atoms with E-state index in [-0.39, 0.29) is 18.4 Å². The van der Waals surface area contributed by atoms with Crippen LogP contribution in [0.3, 0.4) is 0 Å². The molecule has 0 saturated carbocycles. The zero-order valence-electron chi connectivity index (χ0n) is 26.2. The van der Waals surface area contributed by atoms with Crippen molar-refractivity contribution < 1.29 is 14.3 Å². The molecule has 0 aliphatic carbocycles. The summed E-state index contributed by atoms with van der Waals surface area (Å²) in [6, 6.07) is 6.87. The van der Waals surface area contributed by atoms with Gasteiger partial charge >= 0.3 is 0 Å². The Morgan fingerprint density at radius 3 is 1.67 bits per heavy atom. The van der Waals surface area contributed by atoms with Gasteiger partial charge in [-0.15, -0.1) is 0 Å². The summed E-state index contributed by atoms with van der Waals surface area (Å²) in [5, 5.41) is 6.49. The van der Waals surface area contributed by atoms with Crippen LogP contribution in [0.15, 0.2) is 97.2 Å². The van der Waals surface area contributed by atoms with Gasteiger partial charge in [0.25, 0.3) is 5.91 Å². The zero-order chi connectivity index (χ0) is 31.1. The summed E-state index contributed by atoms with van der Waals surface area (Å²) >= 11 is 5.91. The fourth-order valence-corrected chi connectivity index (χ4v) is 3.82. The number of hydrogen-bond donors (Lipinski definition) is 2. The van der Waals surface area contributed by atoms with E-state index >= 15 is 0 Å². The highest BCUT2D eigenvalue weighted by Crippen LogP contribution is 2.21. The largest absolute Gasteiger partial charge is 0.478 e. The van der Waals surface area contributed by atoms with Crippen LogP contribution >= 0.6 is 11.6 Å². The molecule has 0 spiro atoms. The highest BCUT2D eigenvalue weighted by atomic mass is 35.5. The standard InChI is InChI=1S/C36H51ClN2O3/c1-6-7-8-9-10-11-12-13-14-15-16-17-18-19-20-21-22-23-24-25-33(40)39-35(2,3)30-38-34(41)36(4,5)42-32-28-26-31(37)27-29-32/h7-8,10-11,13-14,16-17,19-20,22-23,26-29H,6,9,12,15,18,21,24-25,30H2,1-5H3,(H,38,41)(H,39,40)/b8-7-,11-10-,14-13-,17-16-,20-19-,23-22-. The van der Waals surface area contributed by atoms with Crippen LogP contribution in [-0.2, 0) is 9.59 Å². The summed E-state index contributed by atoms with van der Waals surface area (Å²) in [6.45, 7) is 9.60. The molecule has 0 heterocycles. The molecule has 0 saturated heterocycles. The van der Waals surface area contributed by atoms with E-state index < -0.39 is 11.1 Å². The summed E-state index contributed by atoms with van der Waals surface area (Å²) in [5.41, 5.74) is -1.68. The molecule has 0 fully saturated rings. The van der Waals surface area contributed by atoms with Crippen molar-refractivity contribution in [1.82, 2.24) is 10.6 Å². The smallest absolute Gasteiger partial charge is 0.263 e. The monoisotopic (exact) mass is 594 g/mol. The van der Waals surface area contributed by atoms with Gasteiger partial charge in [-0.05, 0) is 96.9 Å². The first-order valence-electron chi connectivity index (χ1n) is 15.0. The maximum absolute atomic E-state index is 12.7. The summed E-state index contributed by atoms with van der Waals surface area (Å²) in [7, 11) is 0. The third kappa shape index (κ3) is 18.9. The van der Waals surface area contributed by atoms with Crippen molar-refractivity contribution >= 4 is 23.4 Å². The van der Waals surface area contributed by atoms with Crippen LogP contribution in [0.4, 0.5) is 0 Å². The summed E-state index contributed by atoms with van der Waals surface area (Å²) < 4.78 is 5.83. The number of rotatable bonds is 20.